The lowest BCUT2D eigenvalue weighted by molar-refractivity contribution is 0.102. The van der Waals surface area contributed by atoms with Gasteiger partial charge in [0.2, 0.25) is 0 Å². The molecule has 0 aliphatic heterocycles. The van der Waals surface area contributed by atoms with Crippen LogP contribution in [0.25, 0.3) is 5.69 Å². The Kier molecular flexibility index (Phi) is 5.49. The van der Waals surface area contributed by atoms with Gasteiger partial charge in [-0.3, -0.25) is 4.79 Å². The number of carbonyl (C=O) groups is 1. The lowest BCUT2D eigenvalue weighted by Crippen LogP contribution is -2.13. The van der Waals surface area contributed by atoms with Gasteiger partial charge in [0.15, 0.2) is 0 Å². The zero-order chi connectivity index (χ0) is 19.5. The smallest absolute Gasteiger partial charge is 0.260 e. The predicted octanol–water partition coefficient (Wildman–Crippen LogP) is 6.13. The van der Waals surface area contributed by atoms with Crippen molar-refractivity contribution in [3.8, 4) is 5.69 Å². The second kappa shape index (κ2) is 8.19. The van der Waals surface area contributed by atoms with Gasteiger partial charge < -0.3 is 5.32 Å². The van der Waals surface area contributed by atoms with Gasteiger partial charge in [-0.25, -0.2) is 4.68 Å². The van der Waals surface area contributed by atoms with Gasteiger partial charge in [0.25, 0.3) is 5.91 Å². The molecule has 1 aromatic heterocycles. The lowest BCUT2D eigenvalue weighted by atomic mass is 9.84. The number of carbonyl (C=O) groups excluding carboxylic acids is 1. The highest BCUT2D eigenvalue weighted by Gasteiger charge is 2.21. The van der Waals surface area contributed by atoms with Crippen molar-refractivity contribution in [1.82, 2.24) is 9.78 Å². The molecule has 0 spiro atoms. The first-order chi connectivity index (χ1) is 13.6. The molecule has 5 heteroatoms. The summed E-state index contributed by atoms with van der Waals surface area (Å²) in [5.41, 5.74) is 3.97. The fourth-order valence-corrected chi connectivity index (χ4v) is 4.32. The van der Waals surface area contributed by atoms with Crippen LogP contribution in [-0.2, 0) is 0 Å². The highest BCUT2D eigenvalue weighted by Crippen LogP contribution is 2.33. The number of aromatic nitrogens is 2. The number of benzene rings is 2. The van der Waals surface area contributed by atoms with E-state index in [1.165, 1.54) is 37.7 Å². The van der Waals surface area contributed by atoms with Gasteiger partial charge in [0, 0.05) is 5.69 Å². The molecular formula is C23H24ClN3O. The summed E-state index contributed by atoms with van der Waals surface area (Å²) < 4.78 is 1.60. The third kappa shape index (κ3) is 3.83. The van der Waals surface area contributed by atoms with E-state index < -0.39 is 0 Å². The van der Waals surface area contributed by atoms with Crippen LogP contribution in [0.15, 0.2) is 54.6 Å². The van der Waals surface area contributed by atoms with Crippen molar-refractivity contribution in [1.29, 1.82) is 0 Å². The zero-order valence-corrected chi connectivity index (χ0v) is 16.7. The average molecular weight is 394 g/mol. The van der Waals surface area contributed by atoms with Crippen LogP contribution in [-0.4, -0.2) is 15.7 Å². The maximum atomic E-state index is 12.8. The number of nitrogens with one attached hydrogen (secondary N) is 1. The van der Waals surface area contributed by atoms with Crippen molar-refractivity contribution < 1.29 is 4.79 Å². The largest absolute Gasteiger partial charge is 0.322 e. The van der Waals surface area contributed by atoms with E-state index in [-0.39, 0.29) is 5.91 Å². The van der Waals surface area contributed by atoms with Crippen LogP contribution in [0, 0.1) is 6.92 Å². The van der Waals surface area contributed by atoms with E-state index >= 15 is 0 Å². The van der Waals surface area contributed by atoms with E-state index in [1.54, 1.807) is 11.6 Å². The molecule has 4 nitrogen and oxygen atoms in total. The van der Waals surface area contributed by atoms with Crippen LogP contribution in [0.2, 0.25) is 5.15 Å². The summed E-state index contributed by atoms with van der Waals surface area (Å²) in [5.74, 6) is 0.411. The van der Waals surface area contributed by atoms with Gasteiger partial charge in [-0.1, -0.05) is 61.2 Å². The average Bonchev–Trinajstić information content (AvgIpc) is 3.04. The van der Waals surface area contributed by atoms with E-state index in [0.717, 1.165) is 11.4 Å². The van der Waals surface area contributed by atoms with E-state index in [2.05, 4.69) is 22.5 Å². The first-order valence-electron chi connectivity index (χ1n) is 9.85. The zero-order valence-electron chi connectivity index (χ0n) is 16.0. The minimum Gasteiger partial charge on any atom is -0.322 e. The number of hydrogen-bond donors (Lipinski definition) is 1. The number of para-hydroxylation sites is 1. The number of aryl methyl sites for hydroxylation is 1. The molecule has 0 bridgehead atoms. The summed E-state index contributed by atoms with van der Waals surface area (Å²) in [6.07, 6.45) is 6.50. The summed E-state index contributed by atoms with van der Waals surface area (Å²) >= 11 is 6.49. The predicted molar refractivity (Wildman–Crippen MR) is 114 cm³/mol. The van der Waals surface area contributed by atoms with Crippen molar-refractivity contribution >= 4 is 23.2 Å². The van der Waals surface area contributed by atoms with Crippen LogP contribution >= 0.6 is 11.6 Å². The third-order valence-electron chi connectivity index (χ3n) is 5.48. The maximum Gasteiger partial charge on any atom is 0.260 e. The quantitative estimate of drug-likeness (QED) is 0.579. The summed E-state index contributed by atoms with van der Waals surface area (Å²) in [6.45, 7) is 1.80. The molecule has 0 atom stereocenters. The molecular weight excluding hydrogens is 370 g/mol. The Morgan fingerprint density at radius 3 is 2.39 bits per heavy atom. The van der Waals surface area contributed by atoms with Crippen molar-refractivity contribution in [2.45, 2.75) is 44.9 Å². The number of nitrogens with zero attached hydrogens (tertiary/aromatic N) is 2. The molecule has 3 aromatic rings. The molecule has 144 valence electrons. The number of hydrogen-bond acceptors (Lipinski definition) is 2. The van der Waals surface area contributed by atoms with Crippen molar-refractivity contribution in [2.24, 2.45) is 0 Å². The van der Waals surface area contributed by atoms with Gasteiger partial charge in [0.1, 0.15) is 10.7 Å². The van der Waals surface area contributed by atoms with Gasteiger partial charge in [0.05, 0.1) is 11.4 Å². The lowest BCUT2D eigenvalue weighted by Gasteiger charge is -2.22. The summed E-state index contributed by atoms with van der Waals surface area (Å²) in [6, 6.07) is 17.8. The highest BCUT2D eigenvalue weighted by molar-refractivity contribution is 6.34. The normalized spacial score (nSPS) is 14.8. The second-order valence-electron chi connectivity index (χ2n) is 7.41. The number of halogens is 1. The van der Waals surface area contributed by atoms with Crippen LogP contribution in [0.4, 0.5) is 5.69 Å². The van der Waals surface area contributed by atoms with Crippen LogP contribution in [0.3, 0.4) is 0 Å². The Hall–Kier alpha value is -2.59. The summed E-state index contributed by atoms with van der Waals surface area (Å²) in [7, 11) is 0. The summed E-state index contributed by atoms with van der Waals surface area (Å²) in [5, 5.41) is 7.72. The molecule has 2 aromatic carbocycles. The standard InChI is InChI=1S/C23H24ClN3O/c1-16-21(22(24)27(26-16)20-10-6-3-7-11-20)23(28)25-19-14-12-18(13-15-19)17-8-4-2-5-9-17/h3,6-7,10-15,17H,2,4-5,8-9H2,1H3,(H,25,28). The maximum absolute atomic E-state index is 12.8. The molecule has 1 amide bonds. The SMILES string of the molecule is Cc1nn(-c2ccccc2)c(Cl)c1C(=O)Nc1ccc(C2CCCCC2)cc1. The van der Waals surface area contributed by atoms with Crippen LogP contribution < -0.4 is 5.32 Å². The molecule has 1 heterocycles. The minimum absolute atomic E-state index is 0.241. The number of rotatable bonds is 4. The highest BCUT2D eigenvalue weighted by atomic mass is 35.5. The Morgan fingerprint density at radius 1 is 1.04 bits per heavy atom. The fraction of sp³-hybridized carbons (Fsp3) is 0.304. The minimum atomic E-state index is -0.241. The van der Waals surface area contributed by atoms with Crippen molar-refractivity contribution in [2.75, 3.05) is 5.32 Å². The van der Waals surface area contributed by atoms with E-state index in [0.29, 0.717) is 22.3 Å². The first-order valence-corrected chi connectivity index (χ1v) is 10.2. The molecule has 1 N–H and O–H groups in total. The molecule has 1 fully saturated rings. The molecule has 1 aliphatic carbocycles. The van der Waals surface area contributed by atoms with Gasteiger partial charge in [-0.15, -0.1) is 0 Å². The molecule has 0 unspecified atom stereocenters. The second-order valence-corrected chi connectivity index (χ2v) is 7.77. The van der Waals surface area contributed by atoms with Gasteiger partial charge >= 0.3 is 0 Å². The fourth-order valence-electron chi connectivity index (χ4n) is 3.97. The first kappa shape index (κ1) is 18.8. The van der Waals surface area contributed by atoms with E-state index in [4.69, 9.17) is 11.6 Å². The number of anilines is 1. The monoisotopic (exact) mass is 393 g/mol. The van der Waals surface area contributed by atoms with E-state index in [9.17, 15) is 4.79 Å². The summed E-state index contributed by atoms with van der Waals surface area (Å²) in [4.78, 5) is 12.8. The third-order valence-corrected chi connectivity index (χ3v) is 5.83. The molecule has 0 saturated heterocycles. The van der Waals surface area contributed by atoms with Crippen molar-refractivity contribution in [3.63, 3.8) is 0 Å². The van der Waals surface area contributed by atoms with Crippen LogP contribution in [0.1, 0.15) is 59.6 Å². The van der Waals surface area contributed by atoms with Gasteiger partial charge in [-0.2, -0.15) is 5.10 Å². The van der Waals surface area contributed by atoms with Crippen LogP contribution in [0.5, 0.6) is 0 Å². The van der Waals surface area contributed by atoms with Crippen molar-refractivity contribution in [3.05, 3.63) is 76.6 Å². The molecule has 1 aliphatic rings. The molecule has 4 rings (SSSR count). The molecule has 0 radical (unpaired) electrons. The van der Waals surface area contributed by atoms with E-state index in [1.807, 2.05) is 42.5 Å². The number of amides is 1. The Balaban J connectivity index is 1.52. The molecule has 28 heavy (non-hydrogen) atoms. The Bertz CT molecular complexity index is 958. The Labute approximate surface area is 170 Å². The molecule has 1 saturated carbocycles. The van der Waals surface area contributed by atoms with Gasteiger partial charge in [-0.05, 0) is 55.5 Å². The Morgan fingerprint density at radius 2 is 1.71 bits per heavy atom. The topological polar surface area (TPSA) is 46.9 Å².